The summed E-state index contributed by atoms with van der Waals surface area (Å²) in [5.74, 6) is 0.386. The summed E-state index contributed by atoms with van der Waals surface area (Å²) < 4.78 is 28.6. The average molecular weight is 274 g/mol. The Kier molecular flexibility index (Phi) is 5.22. The molecule has 2 rings (SSSR count). The van der Waals surface area contributed by atoms with Crippen molar-refractivity contribution in [2.75, 3.05) is 0 Å². The Morgan fingerprint density at radius 1 is 1.00 bits per heavy atom. The van der Waals surface area contributed by atoms with Crippen molar-refractivity contribution < 1.29 is 12.6 Å². The van der Waals surface area contributed by atoms with Crippen LogP contribution in [0.5, 0.6) is 5.75 Å². The molecule has 0 spiro atoms. The fourth-order valence-corrected chi connectivity index (χ4v) is 2.08. The molecule has 0 aliphatic carbocycles. The Bertz CT molecular complexity index is 630. The number of hydrogen-bond donors (Lipinski definition) is 0. The van der Waals surface area contributed by atoms with Crippen molar-refractivity contribution in [2.45, 2.75) is 19.1 Å². The molecule has 2 aromatic rings. The predicted molar refractivity (Wildman–Crippen MR) is 75.8 cm³/mol. The third-order valence-corrected chi connectivity index (χ3v) is 4.10. The van der Waals surface area contributed by atoms with E-state index in [0.29, 0.717) is 5.75 Å². The summed E-state index contributed by atoms with van der Waals surface area (Å²) >= 11 is 0. The van der Waals surface area contributed by atoms with Crippen LogP contribution in [0.4, 0.5) is 0 Å². The topological polar surface area (TPSA) is 43.4 Å². The molecular weight excluding hydrogens is 259 g/mol. The number of hydrogen-bond acceptors (Lipinski definition) is 3. The molecule has 5 heteroatoms. The quantitative estimate of drug-likeness (QED) is 0.637. The number of benzene rings is 2. The summed E-state index contributed by atoms with van der Waals surface area (Å²) in [4.78, 5) is 0. The van der Waals surface area contributed by atoms with E-state index >= 15 is 0 Å². The second kappa shape index (κ2) is 6.06. The Morgan fingerprint density at radius 2 is 1.61 bits per heavy atom. The van der Waals surface area contributed by atoms with E-state index < -0.39 is 15.4 Å². The van der Waals surface area contributed by atoms with Gasteiger partial charge in [-0.05, 0) is 25.3 Å². The molecule has 0 bridgehead atoms. The van der Waals surface area contributed by atoms with Crippen molar-refractivity contribution in [2.24, 2.45) is 0 Å². The van der Waals surface area contributed by atoms with Crippen molar-refractivity contribution in [3.8, 4) is 5.75 Å². The van der Waals surface area contributed by atoms with E-state index in [2.05, 4.69) is 0 Å². The molecule has 0 atom stereocenters. The Balaban J connectivity index is 0.00000162. The third kappa shape index (κ3) is 3.26. The first-order chi connectivity index (χ1) is 8.00. The van der Waals surface area contributed by atoms with Crippen molar-refractivity contribution in [3.05, 3.63) is 42.5 Å². The van der Waals surface area contributed by atoms with Gasteiger partial charge in [0.1, 0.15) is 5.75 Å². The minimum atomic E-state index is -3.54. The zero-order valence-corrected chi connectivity index (χ0v) is 10.6. The van der Waals surface area contributed by atoms with E-state index in [1.54, 1.807) is 26.0 Å². The Hall–Kier alpha value is -0.550. The molecule has 0 aliphatic rings. The molecule has 2 aromatic carbocycles. The maximum absolute atomic E-state index is 11.7. The summed E-state index contributed by atoms with van der Waals surface area (Å²) in [5, 5.41) is 1.21. The molecule has 0 aliphatic heterocycles. The molecule has 0 amide bonds. The maximum atomic E-state index is 11.7. The van der Waals surface area contributed by atoms with Crippen molar-refractivity contribution in [1.82, 2.24) is 0 Å². The van der Waals surface area contributed by atoms with Gasteiger partial charge in [0.15, 0.2) is 0 Å². The van der Waals surface area contributed by atoms with Gasteiger partial charge < -0.3 is 4.18 Å². The molecule has 18 heavy (non-hydrogen) atoms. The van der Waals surface area contributed by atoms with Crippen LogP contribution in [0, 0.1) is 0 Å². The van der Waals surface area contributed by atoms with Crippen LogP contribution < -0.4 is 4.18 Å². The van der Waals surface area contributed by atoms with Crippen LogP contribution in [0.15, 0.2) is 42.5 Å². The summed E-state index contributed by atoms with van der Waals surface area (Å²) in [5.41, 5.74) is 0. The van der Waals surface area contributed by atoms with Crippen LogP contribution in [0.3, 0.4) is 0 Å². The molecule has 0 saturated carbocycles. The monoisotopic (exact) mass is 274 g/mol. The van der Waals surface area contributed by atoms with Gasteiger partial charge >= 0.3 is 39.7 Å². The molecule has 0 fully saturated rings. The number of rotatable bonds is 3. The van der Waals surface area contributed by atoms with Crippen LogP contribution >= 0.6 is 0 Å². The first kappa shape index (κ1) is 15.5. The van der Waals surface area contributed by atoms with Gasteiger partial charge in [0, 0.05) is 5.39 Å². The van der Waals surface area contributed by atoms with Crippen LogP contribution in [0.2, 0.25) is 0 Å². The van der Waals surface area contributed by atoms with E-state index in [4.69, 9.17) is 4.18 Å². The van der Waals surface area contributed by atoms with Crippen LogP contribution in [0.25, 0.3) is 10.8 Å². The van der Waals surface area contributed by atoms with Gasteiger partial charge in [-0.3, -0.25) is 0 Å². The van der Waals surface area contributed by atoms with Gasteiger partial charge in [0.25, 0.3) is 0 Å². The molecule has 0 saturated heterocycles. The van der Waals surface area contributed by atoms with Gasteiger partial charge in [0.05, 0.1) is 5.25 Å². The zero-order valence-electron chi connectivity index (χ0n) is 9.75. The normalized spacial score (nSPS) is 11.3. The second-order valence-corrected chi connectivity index (χ2v) is 6.20. The van der Waals surface area contributed by atoms with Crippen LogP contribution in [-0.2, 0) is 10.1 Å². The van der Waals surface area contributed by atoms with Gasteiger partial charge in [-0.15, -0.1) is 0 Å². The van der Waals surface area contributed by atoms with Crippen molar-refractivity contribution in [3.63, 3.8) is 0 Å². The van der Waals surface area contributed by atoms with E-state index in [0.717, 1.165) is 10.8 Å². The second-order valence-electron chi connectivity index (χ2n) is 4.10. The van der Waals surface area contributed by atoms with E-state index in [-0.39, 0.29) is 29.6 Å². The first-order valence-corrected chi connectivity index (χ1v) is 6.89. The molecule has 92 valence electrons. The standard InChI is InChI=1S/C13H14O3S.Na.H/c1-10(2)17(14,15)16-13-9-5-7-11-6-3-4-8-12(11)13;;/h3-10H,1-2H3;;. The van der Waals surface area contributed by atoms with Gasteiger partial charge in [0.2, 0.25) is 0 Å². The van der Waals surface area contributed by atoms with Crippen molar-refractivity contribution >= 4 is 50.4 Å². The number of fused-ring (bicyclic) bond motifs is 1. The van der Waals surface area contributed by atoms with Crippen LogP contribution in [-0.4, -0.2) is 43.2 Å². The third-order valence-electron chi connectivity index (χ3n) is 2.53. The molecule has 3 nitrogen and oxygen atoms in total. The molecule has 0 radical (unpaired) electrons. The fraction of sp³-hybridized carbons (Fsp3) is 0.231. The van der Waals surface area contributed by atoms with Crippen LogP contribution in [0.1, 0.15) is 13.8 Å². The Morgan fingerprint density at radius 3 is 2.28 bits per heavy atom. The summed E-state index contributed by atoms with van der Waals surface area (Å²) in [6.07, 6.45) is 0. The molecular formula is C13H15NaO3S. The summed E-state index contributed by atoms with van der Waals surface area (Å²) in [6, 6.07) is 12.9. The van der Waals surface area contributed by atoms with E-state index in [1.807, 2.05) is 30.3 Å². The van der Waals surface area contributed by atoms with E-state index in [1.165, 1.54) is 0 Å². The first-order valence-electron chi connectivity index (χ1n) is 5.42. The van der Waals surface area contributed by atoms with E-state index in [9.17, 15) is 8.42 Å². The van der Waals surface area contributed by atoms with Gasteiger partial charge in [-0.2, -0.15) is 8.42 Å². The van der Waals surface area contributed by atoms with Gasteiger partial charge in [-0.1, -0.05) is 36.4 Å². The Labute approximate surface area is 130 Å². The summed E-state index contributed by atoms with van der Waals surface area (Å²) in [6.45, 7) is 3.20. The molecule has 0 N–H and O–H groups in total. The van der Waals surface area contributed by atoms with Gasteiger partial charge in [-0.25, -0.2) is 0 Å². The summed E-state index contributed by atoms with van der Waals surface area (Å²) in [7, 11) is -3.54. The van der Waals surface area contributed by atoms with Crippen molar-refractivity contribution in [1.29, 1.82) is 0 Å². The minimum absolute atomic E-state index is 0. The molecule has 0 aromatic heterocycles. The fourth-order valence-electron chi connectivity index (χ4n) is 1.49. The molecule has 0 unspecified atom stereocenters. The zero-order chi connectivity index (χ0) is 12.5. The average Bonchev–Trinajstić information content (AvgIpc) is 2.29. The molecule has 0 heterocycles. The predicted octanol–water partition coefficient (Wildman–Crippen LogP) is 2.31. The SMILES string of the molecule is CC(C)S(=O)(=O)Oc1cccc2ccccc12.[NaH].